The van der Waals surface area contributed by atoms with Crippen LogP contribution in [0, 0.1) is 13.8 Å². The van der Waals surface area contributed by atoms with Gasteiger partial charge in [-0.2, -0.15) is 0 Å². The van der Waals surface area contributed by atoms with Crippen molar-refractivity contribution in [3.05, 3.63) is 17.5 Å². The van der Waals surface area contributed by atoms with Crippen molar-refractivity contribution in [2.24, 2.45) is 0 Å². The van der Waals surface area contributed by atoms with Crippen LogP contribution in [0.3, 0.4) is 0 Å². The van der Waals surface area contributed by atoms with Crippen molar-refractivity contribution in [2.75, 3.05) is 0 Å². The Labute approximate surface area is 118 Å². The van der Waals surface area contributed by atoms with Gasteiger partial charge in [-0.25, -0.2) is 9.97 Å². The van der Waals surface area contributed by atoms with E-state index in [0.717, 1.165) is 16.7 Å². The maximum Gasteiger partial charge on any atom is 0.514 e. The van der Waals surface area contributed by atoms with Crippen LogP contribution in [0.15, 0.2) is 10.5 Å². The van der Waals surface area contributed by atoms with Crippen molar-refractivity contribution in [1.29, 1.82) is 0 Å². The normalized spacial score (nSPS) is 20.8. The summed E-state index contributed by atoms with van der Waals surface area (Å²) >= 11 is 0. The van der Waals surface area contributed by atoms with Gasteiger partial charge in [0.15, 0.2) is 5.89 Å². The number of pyridine rings is 1. The molecular formula is C14H19BN2O3. The topological polar surface area (TPSA) is 57.4 Å². The van der Waals surface area contributed by atoms with Gasteiger partial charge in [-0.3, -0.25) is 0 Å². The number of aryl methyl sites for hydroxylation is 2. The van der Waals surface area contributed by atoms with E-state index in [1.54, 1.807) is 0 Å². The molecule has 5 nitrogen and oxygen atoms in total. The second kappa shape index (κ2) is 4.05. The number of aromatic nitrogens is 2. The van der Waals surface area contributed by atoms with Crippen LogP contribution in [0.25, 0.3) is 11.2 Å². The van der Waals surface area contributed by atoms with Crippen molar-refractivity contribution in [3.63, 3.8) is 0 Å². The second-order valence-electron chi connectivity index (χ2n) is 6.34. The third-order valence-electron chi connectivity index (χ3n) is 4.18. The molecule has 2 aromatic rings. The highest BCUT2D eigenvalue weighted by Gasteiger charge is 2.52. The van der Waals surface area contributed by atoms with E-state index in [1.807, 2.05) is 47.6 Å². The molecule has 1 aliphatic rings. The lowest BCUT2D eigenvalue weighted by molar-refractivity contribution is 0.00578. The Bertz CT molecular complexity index is 662. The molecule has 1 fully saturated rings. The van der Waals surface area contributed by atoms with Gasteiger partial charge in [-0.05, 0) is 46.2 Å². The predicted molar refractivity (Wildman–Crippen MR) is 77.0 cm³/mol. The summed E-state index contributed by atoms with van der Waals surface area (Å²) < 4.78 is 17.5. The molecule has 0 saturated carbocycles. The fourth-order valence-corrected chi connectivity index (χ4v) is 2.27. The maximum atomic E-state index is 6.01. The van der Waals surface area contributed by atoms with E-state index >= 15 is 0 Å². The molecule has 0 N–H and O–H groups in total. The molecule has 0 bridgehead atoms. The van der Waals surface area contributed by atoms with Crippen molar-refractivity contribution in [1.82, 2.24) is 9.97 Å². The van der Waals surface area contributed by atoms with Crippen molar-refractivity contribution >= 4 is 23.9 Å². The lowest BCUT2D eigenvalue weighted by Gasteiger charge is -2.32. The number of rotatable bonds is 1. The molecule has 0 radical (unpaired) electrons. The fourth-order valence-electron chi connectivity index (χ4n) is 2.27. The largest absolute Gasteiger partial charge is 0.514 e. The Hall–Kier alpha value is -1.40. The first kappa shape index (κ1) is 13.6. The second-order valence-corrected chi connectivity index (χ2v) is 6.34. The van der Waals surface area contributed by atoms with E-state index in [0.29, 0.717) is 11.6 Å². The van der Waals surface area contributed by atoms with Crippen LogP contribution < -0.4 is 5.59 Å². The first-order valence-electron chi connectivity index (χ1n) is 6.80. The monoisotopic (exact) mass is 274 g/mol. The average molecular weight is 274 g/mol. The summed E-state index contributed by atoms with van der Waals surface area (Å²) in [6.07, 6.45) is 0. The molecule has 0 aliphatic carbocycles. The molecule has 0 amide bonds. The van der Waals surface area contributed by atoms with E-state index in [1.165, 1.54) is 0 Å². The lowest BCUT2D eigenvalue weighted by atomic mass is 9.83. The van der Waals surface area contributed by atoms with E-state index < -0.39 is 7.12 Å². The molecular weight excluding hydrogens is 255 g/mol. The van der Waals surface area contributed by atoms with Crippen LogP contribution in [-0.4, -0.2) is 28.3 Å². The number of nitrogens with zero attached hydrogens (tertiary/aromatic N) is 2. The molecule has 3 rings (SSSR count). The van der Waals surface area contributed by atoms with Gasteiger partial charge in [0.05, 0.1) is 16.8 Å². The fraction of sp³-hybridized carbons (Fsp3) is 0.571. The van der Waals surface area contributed by atoms with Gasteiger partial charge in [0, 0.05) is 6.92 Å². The summed E-state index contributed by atoms with van der Waals surface area (Å²) in [6, 6.07) is 1.95. The lowest BCUT2D eigenvalue weighted by Crippen LogP contribution is -2.41. The molecule has 0 atom stereocenters. The van der Waals surface area contributed by atoms with Crippen LogP contribution in [0.1, 0.15) is 39.1 Å². The molecule has 0 aromatic carbocycles. The minimum Gasteiger partial charge on any atom is -0.423 e. The molecule has 0 unspecified atom stereocenters. The van der Waals surface area contributed by atoms with Crippen LogP contribution in [0.4, 0.5) is 0 Å². The first-order valence-corrected chi connectivity index (χ1v) is 6.80. The minimum atomic E-state index is -0.478. The molecule has 0 spiro atoms. The van der Waals surface area contributed by atoms with E-state index in [2.05, 4.69) is 9.97 Å². The highest BCUT2D eigenvalue weighted by Crippen LogP contribution is 2.36. The molecule has 1 saturated heterocycles. The Morgan fingerprint density at radius 1 is 1.00 bits per heavy atom. The predicted octanol–water partition coefficient (Wildman–Crippen LogP) is 2.14. The Morgan fingerprint density at radius 2 is 1.60 bits per heavy atom. The number of oxazole rings is 1. The highest BCUT2D eigenvalue weighted by molar-refractivity contribution is 6.61. The third-order valence-corrected chi connectivity index (χ3v) is 4.18. The Balaban J connectivity index is 2.04. The zero-order valence-corrected chi connectivity index (χ0v) is 12.8. The van der Waals surface area contributed by atoms with E-state index in [4.69, 9.17) is 13.7 Å². The summed E-state index contributed by atoms with van der Waals surface area (Å²) in [6.45, 7) is 11.9. The average Bonchev–Trinajstić information content (AvgIpc) is 2.77. The SMILES string of the molecule is Cc1nc2c(C)cc(B3OC(C)(C)C(C)(C)O3)nc2o1. The van der Waals surface area contributed by atoms with Gasteiger partial charge in [0.2, 0.25) is 5.71 Å². The molecule has 106 valence electrons. The highest BCUT2D eigenvalue weighted by atomic mass is 16.7. The summed E-state index contributed by atoms with van der Waals surface area (Å²) in [5, 5.41) is 0. The van der Waals surface area contributed by atoms with Gasteiger partial charge in [0.25, 0.3) is 0 Å². The molecule has 20 heavy (non-hydrogen) atoms. The number of fused-ring (bicyclic) bond motifs is 1. The Kier molecular flexibility index (Phi) is 2.75. The summed E-state index contributed by atoms with van der Waals surface area (Å²) in [4.78, 5) is 8.82. The van der Waals surface area contributed by atoms with Crippen LogP contribution in [0.5, 0.6) is 0 Å². The minimum absolute atomic E-state index is 0.375. The van der Waals surface area contributed by atoms with Crippen molar-refractivity contribution < 1.29 is 13.7 Å². The van der Waals surface area contributed by atoms with Crippen molar-refractivity contribution in [3.8, 4) is 0 Å². The third kappa shape index (κ3) is 1.94. The molecule has 1 aliphatic heterocycles. The van der Waals surface area contributed by atoms with E-state index in [-0.39, 0.29) is 11.2 Å². The van der Waals surface area contributed by atoms with E-state index in [9.17, 15) is 0 Å². The van der Waals surface area contributed by atoms with Crippen LogP contribution in [0.2, 0.25) is 0 Å². The van der Waals surface area contributed by atoms with Crippen LogP contribution >= 0.6 is 0 Å². The summed E-state index contributed by atoms with van der Waals surface area (Å²) in [7, 11) is -0.478. The summed E-state index contributed by atoms with van der Waals surface area (Å²) in [5.41, 5.74) is 2.32. The molecule has 3 heterocycles. The quantitative estimate of drug-likeness (QED) is 0.746. The van der Waals surface area contributed by atoms with Gasteiger partial charge in [-0.15, -0.1) is 0 Å². The van der Waals surface area contributed by atoms with Gasteiger partial charge < -0.3 is 13.7 Å². The van der Waals surface area contributed by atoms with Crippen LogP contribution in [-0.2, 0) is 9.31 Å². The maximum absolute atomic E-state index is 6.01. The van der Waals surface area contributed by atoms with Gasteiger partial charge >= 0.3 is 7.12 Å². The molecule has 6 heteroatoms. The zero-order chi connectivity index (χ0) is 14.7. The molecule has 2 aromatic heterocycles. The Morgan fingerprint density at radius 3 is 2.20 bits per heavy atom. The van der Waals surface area contributed by atoms with Crippen molar-refractivity contribution in [2.45, 2.75) is 52.7 Å². The number of hydrogen-bond donors (Lipinski definition) is 0. The summed E-state index contributed by atoms with van der Waals surface area (Å²) in [5.74, 6) is 0.613. The van der Waals surface area contributed by atoms with Gasteiger partial charge in [-0.1, -0.05) is 0 Å². The first-order chi connectivity index (χ1) is 9.19. The standard InChI is InChI=1S/C14H19BN2O3/c1-8-7-10(17-12-11(8)16-9(2)18-12)15-19-13(3,4)14(5,6)20-15/h7H,1-6H3. The smallest absolute Gasteiger partial charge is 0.423 e. The van der Waals surface area contributed by atoms with Gasteiger partial charge in [0.1, 0.15) is 5.52 Å². The zero-order valence-electron chi connectivity index (χ0n) is 12.8. The number of hydrogen-bond acceptors (Lipinski definition) is 5.